The molecule has 236 valence electrons. The smallest absolute Gasteiger partial charge is 0.337 e. The molecule has 1 atom stereocenters. The lowest BCUT2D eigenvalue weighted by Crippen LogP contribution is -2.37. The molecule has 0 bridgehead atoms. The molecule has 7 rings (SSSR count). The third-order valence-electron chi connectivity index (χ3n) is 8.75. The predicted molar refractivity (Wildman–Crippen MR) is 184 cm³/mol. The molecule has 3 heterocycles. The summed E-state index contributed by atoms with van der Waals surface area (Å²) in [5.74, 6) is -0.349. The molecule has 0 aliphatic carbocycles. The summed E-state index contributed by atoms with van der Waals surface area (Å²) in [5.41, 5.74) is 7.61. The Balaban J connectivity index is 1.19. The molecule has 4 aromatic carbocycles. The molecular weight excluding hydrogens is 619 g/mol. The fraction of sp³-hybridized carbons (Fsp3) is 0.100. The second-order valence-corrected chi connectivity index (χ2v) is 14.5. The maximum atomic E-state index is 15.4. The van der Waals surface area contributed by atoms with E-state index in [0.717, 1.165) is 54.9 Å². The van der Waals surface area contributed by atoms with Gasteiger partial charge in [-0.1, -0.05) is 78.9 Å². The first-order valence-corrected chi connectivity index (χ1v) is 17.3. The summed E-state index contributed by atoms with van der Waals surface area (Å²) in [6, 6.07) is 37.6. The summed E-state index contributed by atoms with van der Waals surface area (Å²) in [4.78, 5) is 22.3. The average molecular weight is 653 g/mol. The summed E-state index contributed by atoms with van der Waals surface area (Å²) < 4.78 is 29.3. The first-order chi connectivity index (χ1) is 23.5. The van der Waals surface area contributed by atoms with Crippen LogP contribution >= 0.6 is 7.14 Å². The molecule has 0 saturated carbocycles. The van der Waals surface area contributed by atoms with Crippen LogP contribution in [0.15, 0.2) is 140 Å². The van der Waals surface area contributed by atoms with Crippen LogP contribution in [0.5, 0.6) is 0 Å². The first-order valence-electron chi connectivity index (χ1n) is 15.6. The quantitative estimate of drug-likeness (QED) is 0.0890. The van der Waals surface area contributed by atoms with Crippen molar-refractivity contribution in [3.63, 3.8) is 0 Å². The van der Waals surface area contributed by atoms with E-state index in [1.165, 1.54) is 7.11 Å². The van der Waals surface area contributed by atoms with Gasteiger partial charge in [-0.25, -0.2) is 9.36 Å². The number of carbonyl (C=O) groups is 2. The maximum Gasteiger partial charge on any atom is 0.337 e. The molecule has 0 radical (unpaired) electrons. The fourth-order valence-corrected chi connectivity index (χ4v) is 9.37. The summed E-state index contributed by atoms with van der Waals surface area (Å²) in [5, 5.41) is 2.49. The number of aromatic nitrogens is 2. The van der Waals surface area contributed by atoms with Crippen LogP contribution in [0.25, 0.3) is 22.3 Å². The van der Waals surface area contributed by atoms with Gasteiger partial charge in [0.15, 0.2) is 45.0 Å². The molecule has 7 nitrogen and oxygen atoms in total. The highest BCUT2D eigenvalue weighted by Gasteiger charge is 2.42. The lowest BCUT2D eigenvalue weighted by atomic mass is 10.0. The van der Waals surface area contributed by atoms with E-state index in [-0.39, 0.29) is 12.6 Å². The Morgan fingerprint density at radius 1 is 0.688 bits per heavy atom. The molecule has 0 spiro atoms. The zero-order chi connectivity index (χ0) is 33.1. The minimum absolute atomic E-state index is 0.243. The minimum Gasteiger partial charge on any atom is -0.465 e. The van der Waals surface area contributed by atoms with Crippen LogP contribution in [-0.4, -0.2) is 19.6 Å². The van der Waals surface area contributed by atoms with Gasteiger partial charge >= 0.3 is 5.97 Å². The van der Waals surface area contributed by atoms with Gasteiger partial charge in [0.05, 0.1) is 18.0 Å². The molecule has 0 fully saturated rings. The maximum absolute atomic E-state index is 15.4. The lowest BCUT2D eigenvalue weighted by Gasteiger charge is -2.15. The summed E-state index contributed by atoms with van der Waals surface area (Å²) >= 11 is 0. The number of benzene rings is 4. The van der Waals surface area contributed by atoms with E-state index in [1.807, 2.05) is 91.5 Å². The number of esters is 1. The number of rotatable bonds is 10. The number of methoxy groups -OCH3 is 1. The third-order valence-corrected chi connectivity index (χ3v) is 11.9. The Labute approximate surface area is 279 Å². The van der Waals surface area contributed by atoms with Crippen LogP contribution in [0, 0.1) is 0 Å². The molecule has 1 aliphatic heterocycles. The van der Waals surface area contributed by atoms with Gasteiger partial charge in [0.2, 0.25) is 0 Å². The van der Waals surface area contributed by atoms with Crippen molar-refractivity contribution in [3.05, 3.63) is 162 Å². The first kappa shape index (κ1) is 31.0. The van der Waals surface area contributed by atoms with Crippen LogP contribution < -0.4 is 25.0 Å². The monoisotopic (exact) mass is 652 g/mol. The van der Waals surface area contributed by atoms with Crippen molar-refractivity contribution in [2.45, 2.75) is 19.7 Å². The Bertz CT molecular complexity index is 2160. The molecule has 1 aliphatic rings. The number of carbonyl (C=O) groups excluding carboxylic acids is 2. The van der Waals surface area contributed by atoms with Gasteiger partial charge < -0.3 is 14.0 Å². The van der Waals surface area contributed by atoms with Crippen molar-refractivity contribution in [1.82, 2.24) is 0 Å². The third kappa shape index (κ3) is 5.96. The van der Waals surface area contributed by atoms with Crippen LogP contribution in [0.3, 0.4) is 0 Å². The Kier molecular flexibility index (Phi) is 8.53. The van der Waals surface area contributed by atoms with Crippen molar-refractivity contribution in [2.75, 3.05) is 7.11 Å². The van der Waals surface area contributed by atoms with Gasteiger partial charge in [-0.05, 0) is 40.5 Å². The summed E-state index contributed by atoms with van der Waals surface area (Å²) in [7, 11) is -1.80. The molecule has 6 aromatic rings. The van der Waals surface area contributed by atoms with Crippen molar-refractivity contribution in [2.24, 2.45) is 0 Å². The normalized spacial score (nSPS) is 14.5. The van der Waals surface area contributed by atoms with Gasteiger partial charge in [-0.2, -0.15) is 4.57 Å². The van der Waals surface area contributed by atoms with E-state index >= 15 is 4.57 Å². The molecule has 0 amide bonds. The van der Waals surface area contributed by atoms with Gasteiger partial charge in [-0.3, -0.25) is 4.79 Å². The average Bonchev–Trinajstić information content (AvgIpc) is 3.39. The molecule has 0 N–H and O–H groups in total. The van der Waals surface area contributed by atoms with Crippen LogP contribution in [0.1, 0.15) is 27.0 Å². The Morgan fingerprint density at radius 2 is 1.31 bits per heavy atom. The predicted octanol–water partition coefficient (Wildman–Crippen LogP) is 5.10. The second-order valence-electron chi connectivity index (χ2n) is 11.8. The van der Waals surface area contributed by atoms with E-state index in [4.69, 9.17) is 9.47 Å². The van der Waals surface area contributed by atoms with E-state index in [9.17, 15) is 9.59 Å². The Morgan fingerprint density at radius 3 is 2.00 bits per heavy atom. The highest BCUT2D eigenvalue weighted by Crippen LogP contribution is 2.52. The Hall–Kier alpha value is -5.65. The fourth-order valence-electron chi connectivity index (χ4n) is 6.26. The molecule has 1 unspecified atom stereocenters. The number of fused-ring (bicyclic) bond motifs is 3. The number of ether oxygens (including phenoxy) is 2. The SMILES string of the molecule is COC(=O)c1ccc(C[n+]2ccc(-c3ccc4c(c3)P(=O)(c3ccccc3)c3c[n+](Cc5ccc(COC=O)cc5)ccc3-4)cc2)cc1. The largest absolute Gasteiger partial charge is 0.465 e. The standard InChI is InChI=1S/C40H33N2O5P/c1-46-40(44)33-13-11-30(12-14-33)24-41-20-17-32(18-21-41)34-15-16-36-37-19-22-42(25-29-7-9-31(10-8-29)27-47-28-43)26-39(37)48(45,38(36)23-34)35-5-3-2-4-6-35/h2-23,26,28H,24-25,27H2,1H3/q+2. The molecule has 48 heavy (non-hydrogen) atoms. The summed E-state index contributed by atoms with van der Waals surface area (Å²) in [6.45, 7) is 1.96. The van der Waals surface area contributed by atoms with Crippen molar-refractivity contribution in [1.29, 1.82) is 0 Å². The minimum atomic E-state index is -3.18. The molecule has 2 aromatic heterocycles. The topological polar surface area (TPSA) is 77.4 Å². The van der Waals surface area contributed by atoms with Crippen LogP contribution in [0.4, 0.5) is 0 Å². The molecule has 0 saturated heterocycles. The van der Waals surface area contributed by atoms with Gasteiger partial charge in [0, 0.05) is 45.5 Å². The van der Waals surface area contributed by atoms with Gasteiger partial charge in [0.1, 0.15) is 6.61 Å². The second kappa shape index (κ2) is 13.2. The highest BCUT2D eigenvalue weighted by molar-refractivity contribution is 7.86. The van der Waals surface area contributed by atoms with Crippen molar-refractivity contribution < 1.29 is 32.8 Å². The number of pyridine rings is 2. The van der Waals surface area contributed by atoms with Crippen molar-refractivity contribution >= 4 is 35.5 Å². The van der Waals surface area contributed by atoms with Gasteiger partial charge in [0.25, 0.3) is 6.47 Å². The van der Waals surface area contributed by atoms with E-state index in [1.54, 1.807) is 12.1 Å². The van der Waals surface area contributed by atoms with E-state index in [0.29, 0.717) is 25.1 Å². The number of hydrogen-bond acceptors (Lipinski definition) is 5. The highest BCUT2D eigenvalue weighted by atomic mass is 31.2. The molecule has 8 heteroatoms. The molecular formula is C40H33N2O5P+2. The number of nitrogens with zero attached hydrogens (tertiary/aromatic N) is 2. The van der Waals surface area contributed by atoms with Gasteiger partial charge in [-0.15, -0.1) is 0 Å². The van der Waals surface area contributed by atoms with E-state index in [2.05, 4.69) is 45.5 Å². The zero-order valence-electron chi connectivity index (χ0n) is 26.4. The van der Waals surface area contributed by atoms with Crippen molar-refractivity contribution in [3.8, 4) is 22.3 Å². The van der Waals surface area contributed by atoms with Crippen LogP contribution in [-0.2, 0) is 38.5 Å². The van der Waals surface area contributed by atoms with Crippen LogP contribution in [0.2, 0.25) is 0 Å². The lowest BCUT2D eigenvalue weighted by molar-refractivity contribution is -0.688. The summed E-state index contributed by atoms with van der Waals surface area (Å²) in [6.07, 6.45) is 8.15. The van der Waals surface area contributed by atoms with E-state index < -0.39 is 7.14 Å². The zero-order valence-corrected chi connectivity index (χ0v) is 27.3. The number of hydrogen-bond donors (Lipinski definition) is 0.